The first-order chi connectivity index (χ1) is 27.9. The maximum atomic E-state index is 14.5. The van der Waals surface area contributed by atoms with E-state index in [9.17, 15) is 38.7 Å². The van der Waals surface area contributed by atoms with Crippen LogP contribution < -0.4 is 26.6 Å². The molecule has 5 rings (SSSR count). The fourth-order valence-corrected chi connectivity index (χ4v) is 8.00. The maximum absolute atomic E-state index is 14.5. The zero-order chi connectivity index (χ0) is 41.9. The summed E-state index contributed by atoms with van der Waals surface area (Å²) in [5, 5.41) is 24.5. The standard InChI is InChI=1S/C43H59N7O8/c1-5-26(3)35-40(55)44-30(23-28-15-9-7-10-16-28)37(52)46-32(25-51)43(58)50-22-14-20-34(50)39(54)48-36(27(4)6-2)41(56)45-31(24-29-17-11-8-12-18-29)42(57)49-21-13-19-33(49)38(53)47-35/h7-12,15-18,26-27,30-36,51H,5-6,13-14,19-25H2,1-4H3,(H,44,55)(H,45,56)(H,46,52)(H,47,53)(H,48,54)/t26-,27-,30-,31-,32-,33-,34-,35-,36-/m0/s1. The van der Waals surface area contributed by atoms with Crippen LogP contribution in [0.5, 0.6) is 0 Å². The highest BCUT2D eigenvalue weighted by atomic mass is 16.3. The normalized spacial score (nSPS) is 27.9. The third kappa shape index (κ3) is 10.6. The summed E-state index contributed by atoms with van der Waals surface area (Å²) < 4.78 is 0. The molecule has 0 radical (unpaired) electrons. The summed E-state index contributed by atoms with van der Waals surface area (Å²) in [6, 6.07) is 10.3. The Morgan fingerprint density at radius 3 is 1.38 bits per heavy atom. The van der Waals surface area contributed by atoms with E-state index in [2.05, 4.69) is 26.6 Å². The lowest BCUT2D eigenvalue weighted by Crippen LogP contribution is -2.61. The third-order valence-corrected chi connectivity index (χ3v) is 11.9. The van der Waals surface area contributed by atoms with Crippen molar-refractivity contribution in [2.75, 3.05) is 19.7 Å². The van der Waals surface area contributed by atoms with Crippen LogP contribution in [0.1, 0.15) is 77.3 Å². The van der Waals surface area contributed by atoms with E-state index in [4.69, 9.17) is 0 Å². The lowest BCUT2D eigenvalue weighted by Gasteiger charge is -2.33. The van der Waals surface area contributed by atoms with Gasteiger partial charge in [-0.1, -0.05) is 101 Å². The van der Waals surface area contributed by atoms with Crippen molar-refractivity contribution in [3.05, 3.63) is 71.8 Å². The Kier molecular flexibility index (Phi) is 15.4. The molecule has 0 aliphatic carbocycles. The van der Waals surface area contributed by atoms with Crippen molar-refractivity contribution in [1.29, 1.82) is 0 Å². The number of fused-ring (bicyclic) bond motifs is 2. The number of amides is 7. The molecular weight excluding hydrogens is 743 g/mol. The molecule has 2 aromatic rings. The van der Waals surface area contributed by atoms with Crippen molar-refractivity contribution < 1.29 is 38.7 Å². The van der Waals surface area contributed by atoms with Crippen molar-refractivity contribution in [3.63, 3.8) is 0 Å². The number of benzene rings is 2. The van der Waals surface area contributed by atoms with Gasteiger partial charge in [0.15, 0.2) is 0 Å². The first kappa shape index (κ1) is 43.8. The van der Waals surface area contributed by atoms with E-state index in [1.807, 2.05) is 57.2 Å². The number of hydrogen-bond donors (Lipinski definition) is 6. The van der Waals surface area contributed by atoms with Gasteiger partial charge in [-0.3, -0.25) is 33.6 Å². The van der Waals surface area contributed by atoms with Crippen LogP contribution in [-0.2, 0) is 46.4 Å². The summed E-state index contributed by atoms with van der Waals surface area (Å²) in [6.07, 6.45) is 2.75. The van der Waals surface area contributed by atoms with Crippen molar-refractivity contribution in [1.82, 2.24) is 36.4 Å². The maximum Gasteiger partial charge on any atom is 0.248 e. The molecule has 6 N–H and O–H groups in total. The lowest BCUT2D eigenvalue weighted by molar-refractivity contribution is -0.144. The van der Waals surface area contributed by atoms with Crippen LogP contribution in [0.4, 0.5) is 0 Å². The SMILES string of the molecule is CC[C@H](C)[C@@H]1NC(=O)[C@@H]2CCCN2C(=O)[C@H](CO)NC(=O)[C@H](Cc2ccccc2)NC(=O)[C@H]([C@@H](C)CC)NC(=O)[C@@H]2CCCN2C(=O)[C@H](Cc2ccccc2)NC1=O. The smallest absolute Gasteiger partial charge is 0.248 e. The second kappa shape index (κ2) is 20.4. The number of nitrogens with zero attached hydrogens (tertiary/aromatic N) is 2. The monoisotopic (exact) mass is 801 g/mol. The molecule has 3 aliphatic rings. The Labute approximate surface area is 340 Å². The molecule has 0 saturated carbocycles. The summed E-state index contributed by atoms with van der Waals surface area (Å²) in [4.78, 5) is 102. The van der Waals surface area contributed by atoms with Crippen LogP contribution in [0, 0.1) is 11.8 Å². The summed E-state index contributed by atoms with van der Waals surface area (Å²) in [6.45, 7) is 7.01. The predicted octanol–water partition coefficient (Wildman–Crippen LogP) is 0.976. The van der Waals surface area contributed by atoms with E-state index < -0.39 is 90.3 Å². The molecule has 3 heterocycles. The van der Waals surface area contributed by atoms with Crippen LogP contribution in [0.25, 0.3) is 0 Å². The number of hydrogen-bond acceptors (Lipinski definition) is 8. The van der Waals surface area contributed by atoms with Crippen LogP contribution in [0.2, 0.25) is 0 Å². The minimum Gasteiger partial charge on any atom is -0.394 e. The van der Waals surface area contributed by atoms with Crippen LogP contribution in [-0.4, -0.2) is 118 Å². The zero-order valence-electron chi connectivity index (χ0n) is 33.9. The first-order valence-electron chi connectivity index (χ1n) is 20.7. The number of aliphatic hydroxyl groups is 1. The van der Waals surface area contributed by atoms with E-state index >= 15 is 0 Å². The highest BCUT2D eigenvalue weighted by Gasteiger charge is 2.43. The number of rotatable bonds is 9. The number of nitrogens with one attached hydrogen (secondary N) is 5. The molecule has 7 amide bonds. The van der Waals surface area contributed by atoms with Crippen molar-refractivity contribution in [2.45, 2.75) is 121 Å². The van der Waals surface area contributed by atoms with Crippen LogP contribution in [0.3, 0.4) is 0 Å². The second-order valence-electron chi connectivity index (χ2n) is 15.9. The van der Waals surface area contributed by atoms with Gasteiger partial charge in [-0.05, 0) is 48.6 Å². The fraction of sp³-hybridized carbons (Fsp3) is 0.558. The first-order valence-corrected chi connectivity index (χ1v) is 20.7. The highest BCUT2D eigenvalue weighted by molar-refractivity contribution is 5.99. The quantitative estimate of drug-likeness (QED) is 0.215. The largest absolute Gasteiger partial charge is 0.394 e. The molecule has 0 spiro atoms. The van der Waals surface area contributed by atoms with Gasteiger partial charge in [-0.25, -0.2) is 0 Å². The summed E-state index contributed by atoms with van der Waals surface area (Å²) >= 11 is 0. The van der Waals surface area contributed by atoms with Crippen LogP contribution >= 0.6 is 0 Å². The molecule has 3 fully saturated rings. The third-order valence-electron chi connectivity index (χ3n) is 11.9. The average Bonchev–Trinajstić information content (AvgIpc) is 3.94. The van der Waals surface area contributed by atoms with Gasteiger partial charge in [0.2, 0.25) is 41.4 Å². The molecule has 3 aliphatic heterocycles. The Balaban J connectivity index is 1.55. The Bertz CT molecular complexity index is 1780. The Morgan fingerprint density at radius 2 is 0.948 bits per heavy atom. The van der Waals surface area contributed by atoms with E-state index in [-0.39, 0.29) is 44.2 Å². The molecule has 9 atom stereocenters. The highest BCUT2D eigenvalue weighted by Crippen LogP contribution is 2.23. The fourth-order valence-electron chi connectivity index (χ4n) is 8.00. The molecule has 314 valence electrons. The molecule has 0 unspecified atom stereocenters. The summed E-state index contributed by atoms with van der Waals surface area (Å²) in [5.41, 5.74) is 1.49. The number of aliphatic hydroxyl groups excluding tert-OH is 1. The van der Waals surface area contributed by atoms with Gasteiger partial charge in [0.25, 0.3) is 0 Å². The average molecular weight is 802 g/mol. The van der Waals surface area contributed by atoms with E-state index in [0.717, 1.165) is 5.56 Å². The number of carbonyl (C=O) groups excluding carboxylic acids is 7. The van der Waals surface area contributed by atoms with Gasteiger partial charge in [0.1, 0.15) is 42.3 Å². The van der Waals surface area contributed by atoms with Gasteiger partial charge in [-0.2, -0.15) is 0 Å². The summed E-state index contributed by atoms with van der Waals surface area (Å²) in [5.74, 6) is -4.99. The van der Waals surface area contributed by atoms with Crippen molar-refractivity contribution in [2.24, 2.45) is 11.8 Å². The molecule has 2 aromatic carbocycles. The number of carbonyl (C=O) groups is 7. The predicted molar refractivity (Wildman–Crippen MR) is 215 cm³/mol. The molecule has 0 bridgehead atoms. The molecule has 15 heteroatoms. The topological polar surface area (TPSA) is 206 Å². The molecular formula is C43H59N7O8. The zero-order valence-corrected chi connectivity index (χ0v) is 33.9. The summed E-state index contributed by atoms with van der Waals surface area (Å²) in [7, 11) is 0. The van der Waals surface area contributed by atoms with Crippen LogP contribution in [0.15, 0.2) is 60.7 Å². The van der Waals surface area contributed by atoms with Gasteiger partial charge < -0.3 is 41.5 Å². The molecule has 3 saturated heterocycles. The molecule has 0 aromatic heterocycles. The van der Waals surface area contributed by atoms with Gasteiger partial charge in [0, 0.05) is 25.9 Å². The van der Waals surface area contributed by atoms with Crippen molar-refractivity contribution >= 4 is 41.4 Å². The second-order valence-corrected chi connectivity index (χ2v) is 15.9. The minimum atomic E-state index is -1.44. The molecule has 58 heavy (non-hydrogen) atoms. The lowest BCUT2D eigenvalue weighted by atomic mass is 9.96. The Morgan fingerprint density at radius 1 is 0.552 bits per heavy atom. The Hall–Kier alpha value is -5.31. The van der Waals surface area contributed by atoms with Gasteiger partial charge in [0.05, 0.1) is 6.61 Å². The minimum absolute atomic E-state index is 0.0341. The van der Waals surface area contributed by atoms with Crippen molar-refractivity contribution in [3.8, 4) is 0 Å². The molecule has 15 nitrogen and oxygen atoms in total. The van der Waals surface area contributed by atoms with E-state index in [1.165, 1.54) is 9.80 Å². The van der Waals surface area contributed by atoms with E-state index in [0.29, 0.717) is 37.7 Å². The van der Waals surface area contributed by atoms with Gasteiger partial charge >= 0.3 is 0 Å². The van der Waals surface area contributed by atoms with E-state index in [1.54, 1.807) is 31.2 Å². The van der Waals surface area contributed by atoms with Gasteiger partial charge in [-0.15, -0.1) is 0 Å².